The predicted octanol–water partition coefficient (Wildman–Crippen LogP) is 1.95. The first kappa shape index (κ1) is 19.2. The Morgan fingerprint density at radius 2 is 2.12 bits per heavy atom. The van der Waals surface area contributed by atoms with E-state index in [9.17, 15) is 9.18 Å². The van der Waals surface area contributed by atoms with E-state index in [1.54, 1.807) is 11.9 Å². The maximum Gasteiger partial charge on any atom is 0.317 e. The van der Waals surface area contributed by atoms with Crippen molar-refractivity contribution in [2.24, 2.45) is 0 Å². The van der Waals surface area contributed by atoms with Gasteiger partial charge < -0.3 is 15.0 Å². The molecule has 1 saturated heterocycles. The molecule has 1 aliphatic heterocycles. The van der Waals surface area contributed by atoms with Gasteiger partial charge in [-0.1, -0.05) is 6.07 Å². The number of urea groups is 1. The van der Waals surface area contributed by atoms with Gasteiger partial charge in [-0.05, 0) is 26.0 Å². The molecule has 7 heteroatoms. The van der Waals surface area contributed by atoms with Gasteiger partial charge >= 0.3 is 6.03 Å². The van der Waals surface area contributed by atoms with Gasteiger partial charge in [0.2, 0.25) is 0 Å². The molecule has 0 unspecified atom stereocenters. The molecular formula is C18H25FN4O2. The van der Waals surface area contributed by atoms with Gasteiger partial charge in [0, 0.05) is 45.3 Å². The minimum absolute atomic E-state index is 0.0896. The maximum absolute atomic E-state index is 13.8. The van der Waals surface area contributed by atoms with Crippen molar-refractivity contribution < 1.29 is 13.9 Å². The average molecular weight is 348 g/mol. The summed E-state index contributed by atoms with van der Waals surface area (Å²) in [5.41, 5.74) is 0.621. The van der Waals surface area contributed by atoms with E-state index in [-0.39, 0.29) is 30.3 Å². The molecule has 0 aliphatic carbocycles. The Labute approximate surface area is 148 Å². The number of likely N-dealkylation sites (N-methyl/N-ethyl adjacent to an activating group) is 1. The van der Waals surface area contributed by atoms with Crippen LogP contribution in [0.1, 0.15) is 25.0 Å². The van der Waals surface area contributed by atoms with Crippen LogP contribution in [0.15, 0.2) is 18.2 Å². The molecular weight excluding hydrogens is 323 g/mol. The fourth-order valence-corrected chi connectivity index (χ4v) is 2.93. The van der Waals surface area contributed by atoms with Crippen molar-refractivity contribution in [1.82, 2.24) is 15.1 Å². The molecule has 2 atom stereocenters. The molecule has 25 heavy (non-hydrogen) atoms. The van der Waals surface area contributed by atoms with Crippen LogP contribution in [-0.2, 0) is 11.3 Å². The van der Waals surface area contributed by atoms with E-state index >= 15 is 0 Å². The first-order valence-electron chi connectivity index (χ1n) is 8.44. The number of nitriles is 1. The predicted molar refractivity (Wildman–Crippen MR) is 92.4 cm³/mol. The number of rotatable bonds is 5. The second-order valence-corrected chi connectivity index (χ2v) is 6.52. The molecule has 1 fully saturated rings. The largest absolute Gasteiger partial charge is 0.373 e. The highest BCUT2D eigenvalue weighted by Gasteiger charge is 2.22. The SMILES string of the molecule is C[C@@H]1CN(CCN(C)C(=O)NCc2ccc(C#N)cc2F)C[C@H](C)O1. The number of nitrogens with zero attached hydrogens (tertiary/aromatic N) is 3. The van der Waals surface area contributed by atoms with Gasteiger partial charge in [-0.25, -0.2) is 9.18 Å². The molecule has 2 amide bonds. The number of ether oxygens (including phenoxy) is 1. The molecule has 1 aromatic carbocycles. The summed E-state index contributed by atoms with van der Waals surface area (Å²) in [5.74, 6) is -0.488. The molecule has 1 heterocycles. The van der Waals surface area contributed by atoms with E-state index in [1.807, 2.05) is 19.9 Å². The monoisotopic (exact) mass is 348 g/mol. The van der Waals surface area contributed by atoms with Gasteiger partial charge in [-0.2, -0.15) is 5.26 Å². The summed E-state index contributed by atoms with van der Waals surface area (Å²) in [5, 5.41) is 11.4. The van der Waals surface area contributed by atoms with Crippen LogP contribution in [0.4, 0.5) is 9.18 Å². The van der Waals surface area contributed by atoms with Crippen LogP contribution < -0.4 is 5.32 Å². The van der Waals surface area contributed by atoms with E-state index < -0.39 is 5.82 Å². The molecule has 1 N–H and O–H groups in total. The Bertz CT molecular complexity index is 636. The Morgan fingerprint density at radius 1 is 1.44 bits per heavy atom. The van der Waals surface area contributed by atoms with E-state index in [4.69, 9.17) is 10.00 Å². The number of carbonyl (C=O) groups is 1. The third-order valence-corrected chi connectivity index (χ3v) is 4.21. The van der Waals surface area contributed by atoms with Crippen molar-refractivity contribution in [2.45, 2.75) is 32.6 Å². The summed E-state index contributed by atoms with van der Waals surface area (Å²) >= 11 is 0. The molecule has 6 nitrogen and oxygen atoms in total. The lowest BCUT2D eigenvalue weighted by molar-refractivity contribution is -0.0684. The number of amides is 2. The highest BCUT2D eigenvalue weighted by molar-refractivity contribution is 5.73. The molecule has 136 valence electrons. The zero-order chi connectivity index (χ0) is 18.4. The number of hydrogen-bond donors (Lipinski definition) is 1. The van der Waals surface area contributed by atoms with Gasteiger partial charge in [0.1, 0.15) is 5.82 Å². The number of carbonyl (C=O) groups excluding carboxylic acids is 1. The number of halogens is 1. The Morgan fingerprint density at radius 3 is 2.72 bits per heavy atom. The van der Waals surface area contributed by atoms with E-state index in [1.165, 1.54) is 18.2 Å². The number of morpholine rings is 1. The number of hydrogen-bond acceptors (Lipinski definition) is 4. The minimum atomic E-state index is -0.488. The van der Waals surface area contributed by atoms with Crippen LogP contribution in [-0.4, -0.2) is 61.3 Å². The first-order valence-corrected chi connectivity index (χ1v) is 8.44. The van der Waals surface area contributed by atoms with Crippen molar-refractivity contribution in [2.75, 3.05) is 33.2 Å². The van der Waals surface area contributed by atoms with Crippen LogP contribution in [0.2, 0.25) is 0 Å². The smallest absolute Gasteiger partial charge is 0.317 e. The van der Waals surface area contributed by atoms with Crippen molar-refractivity contribution in [3.05, 3.63) is 35.1 Å². The first-order chi connectivity index (χ1) is 11.9. The summed E-state index contributed by atoms with van der Waals surface area (Å²) in [6, 6.07) is 5.86. The van der Waals surface area contributed by atoms with Crippen molar-refractivity contribution in [1.29, 1.82) is 5.26 Å². The van der Waals surface area contributed by atoms with Crippen molar-refractivity contribution >= 4 is 6.03 Å². The van der Waals surface area contributed by atoms with Crippen LogP contribution in [0.25, 0.3) is 0 Å². The lowest BCUT2D eigenvalue weighted by Crippen LogP contribution is -2.49. The van der Waals surface area contributed by atoms with Crippen molar-refractivity contribution in [3.8, 4) is 6.07 Å². The number of benzene rings is 1. The Balaban J connectivity index is 1.77. The van der Waals surface area contributed by atoms with Gasteiger partial charge in [-0.3, -0.25) is 4.90 Å². The van der Waals surface area contributed by atoms with Crippen molar-refractivity contribution in [3.63, 3.8) is 0 Å². The minimum Gasteiger partial charge on any atom is -0.373 e. The van der Waals surface area contributed by atoms with Crippen LogP contribution in [0.5, 0.6) is 0 Å². The molecule has 1 aromatic rings. The van der Waals surface area contributed by atoms with Crippen LogP contribution >= 0.6 is 0 Å². The summed E-state index contributed by atoms with van der Waals surface area (Å²) in [6.45, 7) is 7.25. The normalized spacial score (nSPS) is 20.8. The zero-order valence-corrected chi connectivity index (χ0v) is 15.0. The number of nitrogens with one attached hydrogen (secondary N) is 1. The third kappa shape index (κ3) is 5.69. The van der Waals surface area contributed by atoms with Gasteiger partial charge in [0.25, 0.3) is 0 Å². The lowest BCUT2D eigenvalue weighted by Gasteiger charge is -2.36. The second kappa shape index (κ2) is 8.79. The van der Waals surface area contributed by atoms with E-state index in [0.717, 1.165) is 19.6 Å². The van der Waals surface area contributed by atoms with E-state index in [2.05, 4.69) is 10.2 Å². The molecule has 1 aliphatic rings. The second-order valence-electron chi connectivity index (χ2n) is 6.52. The summed E-state index contributed by atoms with van der Waals surface area (Å²) < 4.78 is 19.5. The molecule has 0 spiro atoms. The Hall–Kier alpha value is -2.17. The molecule has 0 radical (unpaired) electrons. The highest BCUT2D eigenvalue weighted by Crippen LogP contribution is 2.11. The summed E-state index contributed by atoms with van der Waals surface area (Å²) in [6.07, 6.45) is 0.393. The summed E-state index contributed by atoms with van der Waals surface area (Å²) in [7, 11) is 1.72. The molecule has 0 saturated carbocycles. The fraction of sp³-hybridized carbons (Fsp3) is 0.556. The Kier molecular flexibility index (Phi) is 6.73. The fourth-order valence-electron chi connectivity index (χ4n) is 2.93. The quantitative estimate of drug-likeness (QED) is 0.883. The standard InChI is InChI=1S/C18H25FN4O2/c1-13-11-23(12-14(2)25-13)7-6-22(3)18(24)21-10-16-5-4-15(9-20)8-17(16)19/h4-5,8,13-14H,6-7,10-12H2,1-3H3,(H,21,24)/t13-,14+. The third-order valence-electron chi connectivity index (χ3n) is 4.21. The molecule has 0 bridgehead atoms. The van der Waals surface area contributed by atoms with Gasteiger partial charge in [0.15, 0.2) is 0 Å². The van der Waals surface area contributed by atoms with Crippen LogP contribution in [0, 0.1) is 17.1 Å². The average Bonchev–Trinajstić information content (AvgIpc) is 2.57. The molecule has 0 aromatic heterocycles. The zero-order valence-electron chi connectivity index (χ0n) is 15.0. The van der Waals surface area contributed by atoms with Gasteiger partial charge in [-0.15, -0.1) is 0 Å². The van der Waals surface area contributed by atoms with E-state index in [0.29, 0.717) is 12.1 Å². The van der Waals surface area contributed by atoms with Crippen LogP contribution in [0.3, 0.4) is 0 Å². The molecule has 2 rings (SSSR count). The van der Waals surface area contributed by atoms with Gasteiger partial charge in [0.05, 0.1) is 23.8 Å². The highest BCUT2D eigenvalue weighted by atomic mass is 19.1. The maximum atomic E-state index is 13.8. The lowest BCUT2D eigenvalue weighted by atomic mass is 10.1. The summed E-state index contributed by atoms with van der Waals surface area (Å²) in [4.78, 5) is 16.0. The topological polar surface area (TPSA) is 68.6 Å².